The molecule has 0 radical (unpaired) electrons. The van der Waals surface area contributed by atoms with Crippen LogP contribution in [0.25, 0.3) is 0 Å². The maximum atomic E-state index is 9.00. The zero-order chi connectivity index (χ0) is 11.5. The van der Waals surface area contributed by atoms with Crippen molar-refractivity contribution >= 4 is 0 Å². The molecule has 0 aliphatic rings. The first-order chi connectivity index (χ1) is 7.69. The van der Waals surface area contributed by atoms with Crippen molar-refractivity contribution in [2.75, 3.05) is 0 Å². The molecular weight excluding hydrogens is 198 g/mol. The van der Waals surface area contributed by atoms with Crippen molar-refractivity contribution in [2.24, 2.45) is 0 Å². The van der Waals surface area contributed by atoms with E-state index in [4.69, 9.17) is 5.11 Å². The smallest absolute Gasteiger partial charge is 0.0696 e. The van der Waals surface area contributed by atoms with Gasteiger partial charge in [-0.2, -0.15) is 0 Å². The van der Waals surface area contributed by atoms with Crippen LogP contribution in [0.15, 0.2) is 36.7 Å². The Kier molecular flexibility index (Phi) is 3.11. The lowest BCUT2D eigenvalue weighted by Crippen LogP contribution is -1.99. The first kappa shape index (κ1) is 11.0. The molecule has 0 saturated carbocycles. The van der Waals surface area contributed by atoms with Crippen LogP contribution in [0.5, 0.6) is 0 Å². The molecule has 0 fully saturated rings. The number of hydrogen-bond donors (Lipinski definition) is 1. The molecule has 84 valence electrons. The number of rotatable bonds is 3. The Hall–Kier alpha value is -1.54. The topological polar surface area (TPSA) is 25.2 Å². The molecule has 2 nitrogen and oxygen atoms in total. The van der Waals surface area contributed by atoms with Crippen LogP contribution in [0.1, 0.15) is 22.3 Å². The first-order valence-electron chi connectivity index (χ1n) is 5.50. The zero-order valence-electron chi connectivity index (χ0n) is 9.77. The van der Waals surface area contributed by atoms with Gasteiger partial charge in [0.25, 0.3) is 0 Å². The van der Waals surface area contributed by atoms with E-state index in [1.54, 1.807) is 0 Å². The summed E-state index contributed by atoms with van der Waals surface area (Å²) in [6, 6.07) is 8.45. The molecule has 2 rings (SSSR count). The van der Waals surface area contributed by atoms with E-state index in [0.29, 0.717) is 0 Å². The van der Waals surface area contributed by atoms with E-state index in [1.807, 2.05) is 18.5 Å². The van der Waals surface area contributed by atoms with Gasteiger partial charge in [0.1, 0.15) is 0 Å². The van der Waals surface area contributed by atoms with Crippen LogP contribution >= 0.6 is 0 Å². The highest BCUT2D eigenvalue weighted by atomic mass is 16.3. The summed E-state index contributed by atoms with van der Waals surface area (Å²) in [4.78, 5) is 0. The Morgan fingerprint density at radius 3 is 2.69 bits per heavy atom. The maximum Gasteiger partial charge on any atom is 0.0696 e. The largest absolute Gasteiger partial charge is 0.392 e. The fraction of sp³-hybridized carbons (Fsp3) is 0.286. The van der Waals surface area contributed by atoms with Gasteiger partial charge in [-0.05, 0) is 36.6 Å². The molecule has 0 bridgehead atoms. The summed E-state index contributed by atoms with van der Waals surface area (Å²) in [5.74, 6) is 0. The number of benzene rings is 1. The third kappa shape index (κ3) is 2.34. The van der Waals surface area contributed by atoms with Crippen molar-refractivity contribution in [3.63, 3.8) is 0 Å². The number of aryl methyl sites for hydroxylation is 2. The summed E-state index contributed by atoms with van der Waals surface area (Å²) in [5.41, 5.74) is 4.89. The quantitative estimate of drug-likeness (QED) is 0.836. The van der Waals surface area contributed by atoms with Crippen LogP contribution in [0.2, 0.25) is 0 Å². The molecule has 0 aliphatic carbocycles. The monoisotopic (exact) mass is 215 g/mol. The van der Waals surface area contributed by atoms with Gasteiger partial charge in [0, 0.05) is 18.9 Å². The molecular formula is C14H17NO. The molecule has 1 aromatic heterocycles. The lowest BCUT2D eigenvalue weighted by atomic mass is 10.1. The van der Waals surface area contributed by atoms with E-state index in [2.05, 4.69) is 36.6 Å². The average Bonchev–Trinajstić information content (AvgIpc) is 2.71. The van der Waals surface area contributed by atoms with E-state index in [1.165, 1.54) is 16.7 Å². The van der Waals surface area contributed by atoms with Gasteiger partial charge in [0.15, 0.2) is 0 Å². The summed E-state index contributed by atoms with van der Waals surface area (Å²) in [7, 11) is 0. The van der Waals surface area contributed by atoms with E-state index >= 15 is 0 Å². The molecule has 0 amide bonds. The third-order valence-electron chi connectivity index (χ3n) is 2.85. The summed E-state index contributed by atoms with van der Waals surface area (Å²) >= 11 is 0. The van der Waals surface area contributed by atoms with Crippen LogP contribution in [-0.2, 0) is 13.2 Å². The lowest BCUT2D eigenvalue weighted by molar-refractivity contribution is 0.282. The molecule has 1 heterocycles. The van der Waals surface area contributed by atoms with Gasteiger partial charge in [0.05, 0.1) is 6.61 Å². The molecule has 1 N–H and O–H groups in total. The number of aromatic nitrogens is 1. The predicted molar refractivity (Wildman–Crippen MR) is 65.4 cm³/mol. The fourth-order valence-corrected chi connectivity index (χ4v) is 1.85. The minimum atomic E-state index is 0.111. The summed E-state index contributed by atoms with van der Waals surface area (Å²) < 4.78 is 2.10. The van der Waals surface area contributed by atoms with Gasteiger partial charge in [0.2, 0.25) is 0 Å². The number of hydrogen-bond acceptors (Lipinski definition) is 1. The average molecular weight is 215 g/mol. The Morgan fingerprint density at radius 2 is 2.00 bits per heavy atom. The van der Waals surface area contributed by atoms with Gasteiger partial charge in [-0.1, -0.05) is 23.8 Å². The van der Waals surface area contributed by atoms with Crippen LogP contribution < -0.4 is 0 Å². The predicted octanol–water partition coefficient (Wildman–Crippen LogP) is 2.65. The highest BCUT2D eigenvalue weighted by molar-refractivity contribution is 5.31. The summed E-state index contributed by atoms with van der Waals surface area (Å²) in [6.07, 6.45) is 4.00. The van der Waals surface area contributed by atoms with Crippen molar-refractivity contribution in [3.05, 3.63) is 58.9 Å². The van der Waals surface area contributed by atoms with Gasteiger partial charge in [-0.15, -0.1) is 0 Å². The second-order valence-electron chi connectivity index (χ2n) is 4.28. The second kappa shape index (κ2) is 4.54. The van der Waals surface area contributed by atoms with Crippen molar-refractivity contribution in [1.29, 1.82) is 0 Å². The Balaban J connectivity index is 2.22. The van der Waals surface area contributed by atoms with Crippen LogP contribution in [-0.4, -0.2) is 9.67 Å². The minimum absolute atomic E-state index is 0.111. The van der Waals surface area contributed by atoms with Gasteiger partial charge < -0.3 is 9.67 Å². The number of aliphatic hydroxyl groups excluding tert-OH is 1. The van der Waals surface area contributed by atoms with E-state index in [-0.39, 0.29) is 6.61 Å². The van der Waals surface area contributed by atoms with Crippen LogP contribution in [0, 0.1) is 13.8 Å². The van der Waals surface area contributed by atoms with Crippen molar-refractivity contribution in [3.8, 4) is 0 Å². The zero-order valence-corrected chi connectivity index (χ0v) is 9.77. The Bertz CT molecular complexity index is 485. The summed E-state index contributed by atoms with van der Waals surface area (Å²) in [5, 5.41) is 9.00. The van der Waals surface area contributed by atoms with Crippen LogP contribution in [0.3, 0.4) is 0 Å². The molecule has 2 aromatic rings. The van der Waals surface area contributed by atoms with Crippen LogP contribution in [0.4, 0.5) is 0 Å². The molecule has 16 heavy (non-hydrogen) atoms. The fourth-order valence-electron chi connectivity index (χ4n) is 1.85. The molecule has 0 aliphatic heterocycles. The standard InChI is InChI=1S/C14H17NO/c1-11-3-4-12(2)14(7-11)9-15-6-5-13(8-15)10-16/h3-8,16H,9-10H2,1-2H3. The first-order valence-corrected chi connectivity index (χ1v) is 5.50. The van der Waals surface area contributed by atoms with E-state index in [9.17, 15) is 0 Å². The lowest BCUT2D eigenvalue weighted by Gasteiger charge is -2.08. The third-order valence-corrected chi connectivity index (χ3v) is 2.85. The number of aliphatic hydroxyl groups is 1. The number of nitrogens with zero attached hydrogens (tertiary/aromatic N) is 1. The van der Waals surface area contributed by atoms with Crippen molar-refractivity contribution in [1.82, 2.24) is 4.57 Å². The molecule has 0 unspecified atom stereocenters. The summed E-state index contributed by atoms with van der Waals surface area (Å²) in [6.45, 7) is 5.22. The maximum absolute atomic E-state index is 9.00. The second-order valence-corrected chi connectivity index (χ2v) is 4.28. The van der Waals surface area contributed by atoms with Crippen molar-refractivity contribution in [2.45, 2.75) is 27.0 Å². The van der Waals surface area contributed by atoms with Gasteiger partial charge in [-0.3, -0.25) is 0 Å². The highest BCUT2D eigenvalue weighted by Gasteiger charge is 2.01. The van der Waals surface area contributed by atoms with Crippen molar-refractivity contribution < 1.29 is 5.11 Å². The van der Waals surface area contributed by atoms with Gasteiger partial charge >= 0.3 is 0 Å². The molecule has 2 heteroatoms. The Morgan fingerprint density at radius 1 is 1.19 bits per heavy atom. The van der Waals surface area contributed by atoms with Gasteiger partial charge in [-0.25, -0.2) is 0 Å². The molecule has 0 saturated heterocycles. The normalized spacial score (nSPS) is 10.7. The molecule has 0 spiro atoms. The minimum Gasteiger partial charge on any atom is -0.392 e. The van der Waals surface area contributed by atoms with E-state index < -0.39 is 0 Å². The van der Waals surface area contributed by atoms with E-state index in [0.717, 1.165) is 12.1 Å². The highest BCUT2D eigenvalue weighted by Crippen LogP contribution is 2.13. The Labute approximate surface area is 96.2 Å². The molecule has 1 aromatic carbocycles. The SMILES string of the molecule is Cc1ccc(C)c(Cn2ccc(CO)c2)c1. The molecule has 0 atom stereocenters.